The molecule has 0 aromatic heterocycles. The van der Waals surface area contributed by atoms with Crippen LogP contribution in [0.5, 0.6) is 0 Å². The van der Waals surface area contributed by atoms with E-state index in [0.717, 1.165) is 0 Å². The van der Waals surface area contributed by atoms with E-state index >= 15 is 0 Å². The number of hydrogen-bond acceptors (Lipinski definition) is 2. The lowest BCUT2D eigenvalue weighted by Crippen LogP contribution is -2.15. The molecule has 1 rings (SSSR count). The van der Waals surface area contributed by atoms with E-state index in [1.54, 1.807) is 0 Å². The molecule has 1 aliphatic rings. The summed E-state index contributed by atoms with van der Waals surface area (Å²) in [5, 5.41) is 0. The number of primary amides is 1. The highest BCUT2D eigenvalue weighted by Crippen LogP contribution is 2.42. The predicted octanol–water partition coefficient (Wildman–Crippen LogP) is 0.243. The van der Waals surface area contributed by atoms with Crippen LogP contribution in [0, 0.1) is 0 Å². The van der Waals surface area contributed by atoms with Gasteiger partial charge >= 0.3 is 0 Å². The zero-order valence-corrected chi connectivity index (χ0v) is 5.14. The fourth-order valence-corrected chi connectivity index (χ4v) is 0.604. The van der Waals surface area contributed by atoms with Gasteiger partial charge in [0.05, 0.1) is 0 Å². The van der Waals surface area contributed by atoms with Crippen molar-refractivity contribution in [2.75, 3.05) is 0 Å². The van der Waals surface area contributed by atoms with Gasteiger partial charge in [0, 0.05) is 12.8 Å². The highest BCUT2D eigenvalue weighted by atomic mass is 19.2. The predicted molar refractivity (Wildman–Crippen MR) is 28.2 cm³/mol. The van der Waals surface area contributed by atoms with Gasteiger partial charge in [0.2, 0.25) is 5.91 Å². The molecule has 1 aliphatic heterocycles. The summed E-state index contributed by atoms with van der Waals surface area (Å²) in [6.07, 6.45) is -2.34. The van der Waals surface area contributed by atoms with Gasteiger partial charge in [-0.05, 0) is 0 Å². The number of carbonyl (C=O) groups excluding carboxylic acids is 1. The molecule has 0 radical (unpaired) electrons. The van der Waals surface area contributed by atoms with E-state index in [-0.39, 0.29) is 12.8 Å². The molecular weight excluding hydrogens is 144 g/mol. The number of epoxide rings is 1. The van der Waals surface area contributed by atoms with Gasteiger partial charge < -0.3 is 10.5 Å². The van der Waals surface area contributed by atoms with E-state index in [2.05, 4.69) is 10.5 Å². The quantitative estimate of drug-likeness (QED) is 0.587. The molecule has 58 valence electrons. The topological polar surface area (TPSA) is 55.6 Å². The van der Waals surface area contributed by atoms with Crippen LogP contribution in [0.3, 0.4) is 0 Å². The van der Waals surface area contributed by atoms with Crippen molar-refractivity contribution in [2.45, 2.75) is 25.1 Å². The maximum Gasteiger partial charge on any atom is 0.268 e. The third-order valence-electron chi connectivity index (χ3n) is 1.29. The molecule has 0 saturated carbocycles. The van der Waals surface area contributed by atoms with E-state index in [0.29, 0.717) is 0 Å². The molecule has 10 heavy (non-hydrogen) atoms. The minimum absolute atomic E-state index is 0.184. The van der Waals surface area contributed by atoms with Crippen LogP contribution in [0.2, 0.25) is 0 Å². The lowest BCUT2D eigenvalue weighted by atomic mass is 10.2. The van der Waals surface area contributed by atoms with E-state index in [9.17, 15) is 13.6 Å². The Labute approximate surface area is 56.1 Å². The Hall–Kier alpha value is -0.710. The third kappa shape index (κ3) is 1.41. The summed E-state index contributed by atoms with van der Waals surface area (Å²) in [7, 11) is 0. The second-order valence-electron chi connectivity index (χ2n) is 2.19. The van der Waals surface area contributed by atoms with Crippen LogP contribution >= 0.6 is 0 Å². The van der Waals surface area contributed by atoms with Crippen molar-refractivity contribution in [1.82, 2.24) is 0 Å². The summed E-state index contributed by atoms with van der Waals surface area (Å²) in [6.45, 7) is 0. The van der Waals surface area contributed by atoms with Gasteiger partial charge in [0.25, 0.3) is 12.2 Å². The molecule has 0 spiro atoms. The molecule has 5 heteroatoms. The van der Waals surface area contributed by atoms with Crippen LogP contribution in [0.15, 0.2) is 0 Å². The van der Waals surface area contributed by atoms with Gasteiger partial charge in [0.1, 0.15) is 0 Å². The standard InChI is InChI=1S/C5H7F2NO2/c6-4-5(7,10-4)2-1-3(8)9/h4H,1-2H2,(H2,8,9). The van der Waals surface area contributed by atoms with Gasteiger partial charge in [-0.15, -0.1) is 0 Å². The van der Waals surface area contributed by atoms with Crippen molar-refractivity contribution in [3.63, 3.8) is 0 Å². The van der Waals surface area contributed by atoms with Gasteiger partial charge in [-0.3, -0.25) is 4.79 Å². The summed E-state index contributed by atoms with van der Waals surface area (Å²) < 4.78 is 28.2. The van der Waals surface area contributed by atoms with Gasteiger partial charge in [-0.25, -0.2) is 8.78 Å². The molecule has 0 bridgehead atoms. The average Bonchev–Trinajstić information content (AvgIpc) is 2.38. The Morgan fingerprint density at radius 1 is 1.80 bits per heavy atom. The number of amides is 1. The molecule has 2 N–H and O–H groups in total. The van der Waals surface area contributed by atoms with Crippen LogP contribution in [0.25, 0.3) is 0 Å². The molecule has 3 nitrogen and oxygen atoms in total. The fraction of sp³-hybridized carbons (Fsp3) is 0.800. The number of nitrogens with two attached hydrogens (primary N) is 1. The van der Waals surface area contributed by atoms with Crippen LogP contribution in [-0.2, 0) is 9.53 Å². The van der Waals surface area contributed by atoms with E-state index in [1.807, 2.05) is 0 Å². The number of carbonyl (C=O) groups is 1. The molecule has 1 saturated heterocycles. The van der Waals surface area contributed by atoms with Crippen LogP contribution in [-0.4, -0.2) is 18.1 Å². The first kappa shape index (κ1) is 7.40. The normalized spacial score (nSPS) is 37.6. The lowest BCUT2D eigenvalue weighted by molar-refractivity contribution is -0.118. The number of rotatable bonds is 3. The second kappa shape index (κ2) is 2.16. The highest BCUT2D eigenvalue weighted by molar-refractivity contribution is 5.73. The van der Waals surface area contributed by atoms with Crippen LogP contribution in [0.4, 0.5) is 8.78 Å². The highest BCUT2D eigenvalue weighted by Gasteiger charge is 2.58. The fourth-order valence-electron chi connectivity index (χ4n) is 0.604. The number of halogens is 2. The summed E-state index contributed by atoms with van der Waals surface area (Å²) >= 11 is 0. The van der Waals surface area contributed by atoms with E-state index in [1.165, 1.54) is 0 Å². The Balaban J connectivity index is 2.21. The Morgan fingerprint density at radius 3 is 2.60 bits per heavy atom. The third-order valence-corrected chi connectivity index (χ3v) is 1.29. The first-order chi connectivity index (χ1) is 4.54. The molecular formula is C5H7F2NO2. The zero-order valence-electron chi connectivity index (χ0n) is 5.14. The number of hydrogen-bond donors (Lipinski definition) is 1. The number of alkyl halides is 2. The zero-order chi connectivity index (χ0) is 7.78. The average molecular weight is 151 g/mol. The minimum atomic E-state index is -2.23. The molecule has 0 aromatic carbocycles. The van der Waals surface area contributed by atoms with Gasteiger partial charge in [-0.2, -0.15) is 0 Å². The van der Waals surface area contributed by atoms with Crippen molar-refractivity contribution in [3.8, 4) is 0 Å². The Bertz CT molecular complexity index is 164. The van der Waals surface area contributed by atoms with Crippen LogP contribution < -0.4 is 5.73 Å². The molecule has 2 unspecified atom stereocenters. The van der Waals surface area contributed by atoms with Crippen molar-refractivity contribution < 1.29 is 18.3 Å². The first-order valence-corrected chi connectivity index (χ1v) is 2.84. The SMILES string of the molecule is NC(=O)CCC1(F)OC1F. The second-order valence-corrected chi connectivity index (χ2v) is 2.19. The summed E-state index contributed by atoms with van der Waals surface area (Å²) in [5.41, 5.74) is 4.69. The maximum absolute atomic E-state index is 12.4. The largest absolute Gasteiger partial charge is 0.370 e. The molecule has 1 heterocycles. The summed E-state index contributed by atoms with van der Waals surface area (Å²) in [4.78, 5) is 10.1. The van der Waals surface area contributed by atoms with Crippen molar-refractivity contribution >= 4 is 5.91 Å². The molecule has 2 atom stereocenters. The lowest BCUT2D eigenvalue weighted by Gasteiger charge is -1.95. The first-order valence-electron chi connectivity index (χ1n) is 2.84. The summed E-state index contributed by atoms with van der Waals surface area (Å²) in [6, 6.07) is 0. The van der Waals surface area contributed by atoms with Crippen molar-refractivity contribution in [1.29, 1.82) is 0 Å². The Kier molecular flexibility index (Phi) is 1.60. The molecule has 0 aromatic rings. The number of ether oxygens (including phenoxy) is 1. The molecule has 0 aliphatic carbocycles. The minimum Gasteiger partial charge on any atom is -0.370 e. The van der Waals surface area contributed by atoms with Gasteiger partial charge in [0.15, 0.2) is 0 Å². The van der Waals surface area contributed by atoms with E-state index < -0.39 is 18.1 Å². The van der Waals surface area contributed by atoms with Crippen LogP contribution in [0.1, 0.15) is 12.8 Å². The smallest absolute Gasteiger partial charge is 0.268 e. The molecule has 1 fully saturated rings. The van der Waals surface area contributed by atoms with Crippen molar-refractivity contribution in [2.24, 2.45) is 5.73 Å². The van der Waals surface area contributed by atoms with E-state index in [4.69, 9.17) is 0 Å². The summed E-state index contributed by atoms with van der Waals surface area (Å²) in [5.74, 6) is -2.88. The monoisotopic (exact) mass is 151 g/mol. The van der Waals surface area contributed by atoms with Crippen molar-refractivity contribution in [3.05, 3.63) is 0 Å². The van der Waals surface area contributed by atoms with Gasteiger partial charge in [-0.1, -0.05) is 0 Å². The Morgan fingerprint density at radius 2 is 2.30 bits per heavy atom. The maximum atomic E-state index is 12.4. The molecule has 1 amide bonds.